The zero-order valence-corrected chi connectivity index (χ0v) is 9.04. The fourth-order valence-electron chi connectivity index (χ4n) is 1.19. The van der Waals surface area contributed by atoms with Crippen molar-refractivity contribution < 1.29 is 4.79 Å². The Labute approximate surface area is 86.5 Å². The lowest BCUT2D eigenvalue weighted by molar-refractivity contribution is -0.110. The van der Waals surface area contributed by atoms with Crippen molar-refractivity contribution >= 4 is 22.3 Å². The molecule has 3 heteroatoms. The van der Waals surface area contributed by atoms with E-state index in [1.807, 2.05) is 25.1 Å². The molecule has 1 N–H and O–H groups in total. The zero-order valence-electron chi connectivity index (χ0n) is 7.46. The van der Waals surface area contributed by atoms with Crippen molar-refractivity contribution in [2.75, 3.05) is 0 Å². The van der Waals surface area contributed by atoms with Gasteiger partial charge in [-0.05, 0) is 31.0 Å². The van der Waals surface area contributed by atoms with Crippen molar-refractivity contribution in [1.29, 1.82) is 0 Å². The Morgan fingerprint density at radius 2 is 2.38 bits per heavy atom. The van der Waals surface area contributed by atoms with Gasteiger partial charge in [-0.15, -0.1) is 0 Å². The maximum atomic E-state index is 10.2. The summed E-state index contributed by atoms with van der Waals surface area (Å²) in [7, 11) is 0. The Balaban J connectivity index is 2.58. The maximum Gasteiger partial charge on any atom is 0.207 e. The average molecular weight is 242 g/mol. The highest BCUT2D eigenvalue weighted by atomic mass is 79.9. The van der Waals surface area contributed by atoms with E-state index in [2.05, 4.69) is 27.3 Å². The van der Waals surface area contributed by atoms with Gasteiger partial charge in [0.25, 0.3) is 0 Å². The summed E-state index contributed by atoms with van der Waals surface area (Å²) in [4.78, 5) is 10.2. The van der Waals surface area contributed by atoms with Gasteiger partial charge in [-0.2, -0.15) is 0 Å². The first kappa shape index (κ1) is 10.3. The third kappa shape index (κ3) is 3.59. The summed E-state index contributed by atoms with van der Waals surface area (Å²) in [6, 6.07) is 8.28. The zero-order chi connectivity index (χ0) is 9.68. The fraction of sp³-hybridized carbons (Fsp3) is 0.300. The molecular formula is C10H12BrNO. The second-order valence-corrected chi connectivity index (χ2v) is 3.94. The Morgan fingerprint density at radius 1 is 1.62 bits per heavy atom. The molecule has 0 spiro atoms. The second-order valence-electron chi connectivity index (χ2n) is 3.02. The molecule has 13 heavy (non-hydrogen) atoms. The lowest BCUT2D eigenvalue weighted by Gasteiger charge is -2.09. The van der Waals surface area contributed by atoms with E-state index in [9.17, 15) is 4.79 Å². The summed E-state index contributed by atoms with van der Waals surface area (Å²) < 4.78 is 1.07. The van der Waals surface area contributed by atoms with Gasteiger partial charge < -0.3 is 5.32 Å². The van der Waals surface area contributed by atoms with Crippen molar-refractivity contribution in [1.82, 2.24) is 5.32 Å². The van der Waals surface area contributed by atoms with Crippen LogP contribution in [0.3, 0.4) is 0 Å². The van der Waals surface area contributed by atoms with E-state index in [-0.39, 0.29) is 6.04 Å². The Bertz CT molecular complexity index is 288. The van der Waals surface area contributed by atoms with Crippen LogP contribution >= 0.6 is 15.9 Å². The number of amides is 1. The second kappa shape index (κ2) is 5.02. The molecule has 1 atom stereocenters. The topological polar surface area (TPSA) is 29.1 Å². The number of halogens is 1. The van der Waals surface area contributed by atoms with E-state index in [1.165, 1.54) is 5.56 Å². The quantitative estimate of drug-likeness (QED) is 0.805. The summed E-state index contributed by atoms with van der Waals surface area (Å²) in [5.41, 5.74) is 1.22. The van der Waals surface area contributed by atoms with Crippen molar-refractivity contribution in [2.45, 2.75) is 19.4 Å². The van der Waals surface area contributed by atoms with Crippen molar-refractivity contribution in [3.05, 3.63) is 34.3 Å². The molecule has 0 aromatic heterocycles. The van der Waals surface area contributed by atoms with Gasteiger partial charge >= 0.3 is 0 Å². The van der Waals surface area contributed by atoms with Crippen molar-refractivity contribution in [3.63, 3.8) is 0 Å². The van der Waals surface area contributed by atoms with Gasteiger partial charge in [0.2, 0.25) is 6.41 Å². The Hall–Kier alpha value is -0.830. The van der Waals surface area contributed by atoms with Crippen LogP contribution in [-0.2, 0) is 11.2 Å². The van der Waals surface area contributed by atoms with Crippen LogP contribution in [0, 0.1) is 0 Å². The highest BCUT2D eigenvalue weighted by Gasteiger charge is 2.01. The maximum absolute atomic E-state index is 10.2. The minimum Gasteiger partial charge on any atom is -0.356 e. The number of carbonyl (C=O) groups excluding carboxylic acids is 1. The van der Waals surface area contributed by atoms with Gasteiger partial charge in [0, 0.05) is 10.5 Å². The molecule has 0 radical (unpaired) electrons. The largest absolute Gasteiger partial charge is 0.356 e. The van der Waals surface area contributed by atoms with Gasteiger partial charge in [0.15, 0.2) is 0 Å². The Kier molecular flexibility index (Phi) is 3.96. The van der Waals surface area contributed by atoms with Crippen LogP contribution in [0.25, 0.3) is 0 Å². The standard InChI is InChI=1S/C10H12BrNO/c1-8(12-7-13)5-9-3-2-4-10(11)6-9/h2-4,6-8H,5H2,1H3,(H,12,13). The van der Waals surface area contributed by atoms with Gasteiger partial charge in [-0.3, -0.25) is 4.79 Å². The molecule has 70 valence electrons. The molecule has 1 amide bonds. The van der Waals surface area contributed by atoms with Crippen LogP contribution < -0.4 is 5.32 Å². The van der Waals surface area contributed by atoms with Crippen molar-refractivity contribution in [2.24, 2.45) is 0 Å². The van der Waals surface area contributed by atoms with Gasteiger partial charge in [-0.1, -0.05) is 28.1 Å². The van der Waals surface area contributed by atoms with Gasteiger partial charge in [-0.25, -0.2) is 0 Å². The molecule has 0 saturated carbocycles. The SMILES string of the molecule is CC(Cc1cccc(Br)c1)NC=O. The number of benzene rings is 1. The van der Waals surface area contributed by atoms with Crippen LogP contribution in [0.1, 0.15) is 12.5 Å². The third-order valence-corrected chi connectivity index (χ3v) is 2.28. The number of hydrogen-bond donors (Lipinski definition) is 1. The number of hydrogen-bond acceptors (Lipinski definition) is 1. The smallest absolute Gasteiger partial charge is 0.207 e. The number of nitrogens with one attached hydrogen (secondary N) is 1. The van der Waals surface area contributed by atoms with E-state index in [4.69, 9.17) is 0 Å². The molecule has 0 bridgehead atoms. The van der Waals surface area contributed by atoms with Crippen LogP contribution in [0.5, 0.6) is 0 Å². The lowest BCUT2D eigenvalue weighted by Crippen LogP contribution is -2.26. The van der Waals surface area contributed by atoms with Gasteiger partial charge in [0.1, 0.15) is 0 Å². The third-order valence-electron chi connectivity index (χ3n) is 1.78. The van der Waals surface area contributed by atoms with Crippen molar-refractivity contribution in [3.8, 4) is 0 Å². The van der Waals surface area contributed by atoms with Crippen LogP contribution in [0.2, 0.25) is 0 Å². The monoisotopic (exact) mass is 241 g/mol. The minimum absolute atomic E-state index is 0.187. The Morgan fingerprint density at radius 3 is 3.00 bits per heavy atom. The lowest BCUT2D eigenvalue weighted by atomic mass is 10.1. The molecule has 1 aromatic rings. The molecule has 1 rings (SSSR count). The molecule has 0 saturated heterocycles. The van der Waals surface area contributed by atoms with Crippen LogP contribution in [0.15, 0.2) is 28.7 Å². The number of carbonyl (C=O) groups is 1. The summed E-state index contributed by atoms with van der Waals surface area (Å²) in [5.74, 6) is 0. The predicted octanol–water partition coefficient (Wildman–Crippen LogP) is 2.13. The number of rotatable bonds is 4. The van der Waals surface area contributed by atoms with E-state index in [0.29, 0.717) is 0 Å². The molecule has 0 heterocycles. The van der Waals surface area contributed by atoms with Crippen LogP contribution in [0.4, 0.5) is 0 Å². The molecule has 0 aliphatic rings. The summed E-state index contributed by atoms with van der Waals surface area (Å²) in [6.07, 6.45) is 1.60. The highest BCUT2D eigenvalue weighted by molar-refractivity contribution is 9.10. The normalized spacial score (nSPS) is 12.2. The van der Waals surface area contributed by atoms with E-state index in [0.717, 1.165) is 17.3 Å². The van der Waals surface area contributed by atoms with E-state index < -0.39 is 0 Å². The van der Waals surface area contributed by atoms with E-state index in [1.54, 1.807) is 0 Å². The molecule has 0 aliphatic carbocycles. The molecule has 0 fully saturated rings. The first-order chi connectivity index (χ1) is 6.22. The first-order valence-corrected chi connectivity index (χ1v) is 4.96. The average Bonchev–Trinajstić information content (AvgIpc) is 2.04. The molecule has 1 unspecified atom stereocenters. The minimum atomic E-state index is 0.187. The predicted molar refractivity (Wildman–Crippen MR) is 56.5 cm³/mol. The van der Waals surface area contributed by atoms with Crippen LogP contribution in [-0.4, -0.2) is 12.5 Å². The first-order valence-electron chi connectivity index (χ1n) is 4.16. The summed E-state index contributed by atoms with van der Waals surface area (Å²) >= 11 is 3.40. The molecular weight excluding hydrogens is 230 g/mol. The molecule has 0 aliphatic heterocycles. The molecule has 2 nitrogen and oxygen atoms in total. The summed E-state index contributed by atoms with van der Waals surface area (Å²) in [5, 5.41) is 2.72. The van der Waals surface area contributed by atoms with Gasteiger partial charge in [0.05, 0.1) is 0 Å². The molecule has 1 aromatic carbocycles. The summed E-state index contributed by atoms with van der Waals surface area (Å²) in [6.45, 7) is 1.98. The van der Waals surface area contributed by atoms with E-state index >= 15 is 0 Å². The fourth-order valence-corrected chi connectivity index (χ4v) is 1.64. The highest BCUT2D eigenvalue weighted by Crippen LogP contribution is 2.12.